The molecular weight excluding hydrogens is 473 g/mol. The summed E-state index contributed by atoms with van der Waals surface area (Å²) in [5.41, 5.74) is 0.791. The predicted octanol–water partition coefficient (Wildman–Crippen LogP) is 4.48. The van der Waals surface area contributed by atoms with Crippen molar-refractivity contribution in [3.63, 3.8) is 0 Å². The van der Waals surface area contributed by atoms with Gasteiger partial charge in [-0.1, -0.05) is 13.8 Å². The smallest absolute Gasteiger partial charge is 0.417 e. The quantitative estimate of drug-likeness (QED) is 0.496. The number of rotatable bonds is 6. The number of carbonyl (C=O) groups is 1. The SMILES string of the molecule is Cc1cnc(C(=O)N2C(CC(C)C)C3CC(Oc4ccc(C(F)(F)F)cn4)C2C3)c(-n2nccn2)c1. The molecule has 1 aliphatic heterocycles. The lowest BCUT2D eigenvalue weighted by Crippen LogP contribution is -2.52. The summed E-state index contributed by atoms with van der Waals surface area (Å²) < 4.78 is 44.8. The standard InChI is InChI=1S/C25H27F3N6O2/c1-14(2)8-18-16-10-19(21(11-16)36-22-5-4-17(13-29-22)25(26,27)28)33(18)24(35)23-20(9-15(3)12-30-23)34-31-6-7-32-34/h4-7,9,12-14,16,18-19,21H,8,10-11H2,1-3H3. The predicted molar refractivity (Wildman–Crippen MR) is 123 cm³/mol. The van der Waals surface area contributed by atoms with E-state index in [2.05, 4.69) is 34.0 Å². The van der Waals surface area contributed by atoms with Crippen LogP contribution in [-0.4, -0.2) is 54.0 Å². The Bertz CT molecular complexity index is 1230. The molecule has 2 aliphatic rings. The highest BCUT2D eigenvalue weighted by Gasteiger charge is 2.54. The molecule has 1 saturated heterocycles. The topological polar surface area (TPSA) is 86.0 Å². The first kappa shape index (κ1) is 24.2. The van der Waals surface area contributed by atoms with Gasteiger partial charge in [0.15, 0.2) is 5.69 Å². The Balaban J connectivity index is 1.44. The van der Waals surface area contributed by atoms with Gasteiger partial charge in [0.05, 0.1) is 24.0 Å². The number of likely N-dealkylation sites (tertiary alicyclic amines) is 1. The minimum Gasteiger partial charge on any atom is -0.472 e. The van der Waals surface area contributed by atoms with Crippen molar-refractivity contribution in [3.8, 4) is 11.6 Å². The van der Waals surface area contributed by atoms with Crippen LogP contribution < -0.4 is 4.74 Å². The zero-order chi connectivity index (χ0) is 25.6. The molecule has 4 atom stereocenters. The summed E-state index contributed by atoms with van der Waals surface area (Å²) in [4.78, 5) is 25.6. The second-order valence-corrected chi connectivity index (χ2v) is 9.95. The number of piperidine rings is 1. The van der Waals surface area contributed by atoms with Gasteiger partial charge in [-0.25, -0.2) is 9.97 Å². The number of hydrogen-bond acceptors (Lipinski definition) is 6. The lowest BCUT2D eigenvalue weighted by Gasteiger charge is -2.40. The number of aromatic nitrogens is 5. The van der Waals surface area contributed by atoms with E-state index in [4.69, 9.17) is 4.74 Å². The minimum atomic E-state index is -4.46. The summed E-state index contributed by atoms with van der Waals surface area (Å²) in [6, 6.07) is 3.79. The maximum absolute atomic E-state index is 14.0. The van der Waals surface area contributed by atoms with Crippen molar-refractivity contribution in [2.24, 2.45) is 11.8 Å². The molecule has 4 heterocycles. The third-order valence-corrected chi connectivity index (χ3v) is 6.89. The van der Waals surface area contributed by atoms with Crippen molar-refractivity contribution in [2.45, 2.75) is 64.4 Å². The number of alkyl halides is 3. The highest BCUT2D eigenvalue weighted by atomic mass is 19.4. The monoisotopic (exact) mass is 500 g/mol. The van der Waals surface area contributed by atoms with Gasteiger partial charge in [0.25, 0.3) is 5.91 Å². The van der Waals surface area contributed by atoms with Crippen molar-refractivity contribution >= 4 is 5.91 Å². The van der Waals surface area contributed by atoms with Crippen LogP contribution in [0.2, 0.25) is 0 Å². The summed E-state index contributed by atoms with van der Waals surface area (Å²) in [5, 5.41) is 8.38. The Morgan fingerprint density at radius 2 is 1.89 bits per heavy atom. The Labute approximate surface area is 206 Å². The molecule has 2 bridgehead atoms. The van der Waals surface area contributed by atoms with E-state index in [9.17, 15) is 18.0 Å². The van der Waals surface area contributed by atoms with Gasteiger partial charge in [0.1, 0.15) is 11.8 Å². The third kappa shape index (κ3) is 4.54. The zero-order valence-electron chi connectivity index (χ0n) is 20.2. The summed E-state index contributed by atoms with van der Waals surface area (Å²) in [6.07, 6.45) is 2.96. The first-order valence-corrected chi connectivity index (χ1v) is 12.0. The maximum atomic E-state index is 14.0. The molecule has 0 aromatic carbocycles. The van der Waals surface area contributed by atoms with Crippen LogP contribution in [-0.2, 0) is 6.18 Å². The van der Waals surface area contributed by atoms with Crippen molar-refractivity contribution in [1.82, 2.24) is 29.9 Å². The molecule has 190 valence electrons. The van der Waals surface area contributed by atoms with Gasteiger partial charge in [-0.2, -0.15) is 23.4 Å². The van der Waals surface area contributed by atoms with Gasteiger partial charge in [-0.15, -0.1) is 4.80 Å². The number of halogens is 3. The molecule has 36 heavy (non-hydrogen) atoms. The van der Waals surface area contributed by atoms with E-state index in [0.29, 0.717) is 18.0 Å². The van der Waals surface area contributed by atoms with Crippen LogP contribution in [0, 0.1) is 18.8 Å². The fourth-order valence-electron chi connectivity index (χ4n) is 5.42. The Hall–Kier alpha value is -3.50. The van der Waals surface area contributed by atoms with Gasteiger partial charge >= 0.3 is 6.18 Å². The third-order valence-electron chi connectivity index (χ3n) is 6.89. The van der Waals surface area contributed by atoms with Crippen LogP contribution in [0.15, 0.2) is 43.0 Å². The number of pyridine rings is 2. The highest BCUT2D eigenvalue weighted by Crippen LogP contribution is 2.47. The summed E-state index contributed by atoms with van der Waals surface area (Å²) >= 11 is 0. The van der Waals surface area contributed by atoms with Crippen LogP contribution >= 0.6 is 0 Å². The lowest BCUT2D eigenvalue weighted by atomic mass is 9.90. The summed E-state index contributed by atoms with van der Waals surface area (Å²) in [5.74, 6) is 0.480. The van der Waals surface area contributed by atoms with Crippen LogP contribution in [0.4, 0.5) is 13.2 Å². The molecule has 0 spiro atoms. The Kier molecular flexibility index (Phi) is 6.17. The van der Waals surface area contributed by atoms with Gasteiger partial charge in [0.2, 0.25) is 5.88 Å². The number of aryl methyl sites for hydroxylation is 1. The van der Waals surface area contributed by atoms with E-state index in [1.807, 2.05) is 17.9 Å². The lowest BCUT2D eigenvalue weighted by molar-refractivity contribution is -0.137. The van der Waals surface area contributed by atoms with Crippen LogP contribution in [0.1, 0.15) is 54.7 Å². The molecule has 4 unspecified atom stereocenters. The van der Waals surface area contributed by atoms with E-state index < -0.39 is 11.7 Å². The van der Waals surface area contributed by atoms with Gasteiger partial charge in [-0.05, 0) is 55.7 Å². The van der Waals surface area contributed by atoms with E-state index in [-0.39, 0.29) is 41.6 Å². The van der Waals surface area contributed by atoms with E-state index in [0.717, 1.165) is 30.7 Å². The van der Waals surface area contributed by atoms with Gasteiger partial charge in [-0.3, -0.25) is 4.79 Å². The number of ether oxygens (including phenoxy) is 1. The zero-order valence-corrected chi connectivity index (χ0v) is 20.2. The minimum absolute atomic E-state index is 0.0180. The Morgan fingerprint density at radius 1 is 1.14 bits per heavy atom. The van der Waals surface area contributed by atoms with E-state index in [1.165, 1.54) is 23.3 Å². The number of carbonyl (C=O) groups excluding carboxylic acids is 1. The number of nitrogens with zero attached hydrogens (tertiary/aromatic N) is 6. The first-order valence-electron chi connectivity index (χ1n) is 12.0. The van der Waals surface area contributed by atoms with Gasteiger partial charge in [0, 0.05) is 24.5 Å². The molecule has 1 aliphatic carbocycles. The highest BCUT2D eigenvalue weighted by molar-refractivity contribution is 5.96. The fourth-order valence-corrected chi connectivity index (χ4v) is 5.42. The summed E-state index contributed by atoms with van der Waals surface area (Å²) in [6.45, 7) is 6.13. The average Bonchev–Trinajstić information content (AvgIpc) is 3.55. The second kappa shape index (κ2) is 9.18. The molecular formula is C25H27F3N6O2. The maximum Gasteiger partial charge on any atom is 0.417 e. The number of amides is 1. The van der Waals surface area contributed by atoms with Crippen molar-refractivity contribution in [1.29, 1.82) is 0 Å². The van der Waals surface area contributed by atoms with Crippen LogP contribution in [0.3, 0.4) is 0 Å². The van der Waals surface area contributed by atoms with E-state index in [1.54, 1.807) is 6.20 Å². The molecule has 2 fully saturated rings. The molecule has 1 amide bonds. The molecule has 1 saturated carbocycles. The van der Waals surface area contributed by atoms with Crippen molar-refractivity contribution in [3.05, 3.63) is 59.8 Å². The van der Waals surface area contributed by atoms with E-state index >= 15 is 0 Å². The largest absolute Gasteiger partial charge is 0.472 e. The van der Waals surface area contributed by atoms with Crippen molar-refractivity contribution in [2.75, 3.05) is 0 Å². The molecule has 11 heteroatoms. The Morgan fingerprint density at radius 3 is 2.53 bits per heavy atom. The molecule has 0 radical (unpaired) electrons. The fraction of sp³-hybridized carbons (Fsp3) is 0.480. The van der Waals surface area contributed by atoms with Crippen LogP contribution in [0.5, 0.6) is 5.88 Å². The molecule has 8 nitrogen and oxygen atoms in total. The number of fused-ring (bicyclic) bond motifs is 2. The van der Waals surface area contributed by atoms with Gasteiger partial charge < -0.3 is 9.64 Å². The average molecular weight is 501 g/mol. The normalized spacial score (nSPS) is 23.5. The van der Waals surface area contributed by atoms with Crippen LogP contribution in [0.25, 0.3) is 5.69 Å². The number of hydrogen-bond donors (Lipinski definition) is 0. The molecule has 5 rings (SSSR count). The van der Waals surface area contributed by atoms with Crippen molar-refractivity contribution < 1.29 is 22.7 Å². The molecule has 3 aromatic rings. The second-order valence-electron chi connectivity index (χ2n) is 9.95. The first-order chi connectivity index (χ1) is 17.1. The molecule has 3 aromatic heterocycles. The molecule has 0 N–H and O–H groups in total. The summed E-state index contributed by atoms with van der Waals surface area (Å²) in [7, 11) is 0.